The predicted molar refractivity (Wildman–Crippen MR) is 78.5 cm³/mol. The molecule has 3 aromatic rings. The van der Waals surface area contributed by atoms with Gasteiger partial charge in [-0.2, -0.15) is 14.6 Å². The lowest BCUT2D eigenvalue weighted by atomic mass is 10.2. The van der Waals surface area contributed by atoms with E-state index in [0.717, 1.165) is 17.4 Å². The van der Waals surface area contributed by atoms with E-state index in [1.807, 2.05) is 0 Å². The van der Waals surface area contributed by atoms with Crippen molar-refractivity contribution in [2.24, 2.45) is 0 Å². The van der Waals surface area contributed by atoms with E-state index in [1.165, 1.54) is 16.6 Å². The SMILES string of the molecule is CCOC(=O)c1cc(=O)nc2sc(-c3ccc(F)cc3)nn12. The monoisotopic (exact) mass is 319 g/mol. The van der Waals surface area contributed by atoms with E-state index in [2.05, 4.69) is 10.1 Å². The lowest BCUT2D eigenvalue weighted by Gasteiger charge is -2.02. The Labute approximate surface area is 127 Å². The number of rotatable bonds is 3. The lowest BCUT2D eigenvalue weighted by molar-refractivity contribution is 0.0516. The Morgan fingerprint density at radius 1 is 1.36 bits per heavy atom. The molecule has 0 radical (unpaired) electrons. The highest BCUT2D eigenvalue weighted by molar-refractivity contribution is 7.19. The molecule has 0 spiro atoms. The van der Waals surface area contributed by atoms with Crippen LogP contribution in [0.3, 0.4) is 0 Å². The largest absolute Gasteiger partial charge is 0.461 e. The van der Waals surface area contributed by atoms with E-state index < -0.39 is 11.5 Å². The molecule has 8 heteroatoms. The molecule has 0 fully saturated rings. The lowest BCUT2D eigenvalue weighted by Crippen LogP contribution is -2.17. The highest BCUT2D eigenvalue weighted by Crippen LogP contribution is 2.25. The fraction of sp³-hybridized carbons (Fsp3) is 0.143. The fourth-order valence-corrected chi connectivity index (χ4v) is 2.79. The van der Waals surface area contributed by atoms with Crippen LogP contribution in [0.15, 0.2) is 35.1 Å². The van der Waals surface area contributed by atoms with Crippen LogP contribution >= 0.6 is 11.3 Å². The third-order valence-electron chi connectivity index (χ3n) is 2.83. The highest BCUT2D eigenvalue weighted by atomic mass is 32.1. The number of nitrogens with zero attached hydrogens (tertiary/aromatic N) is 3. The van der Waals surface area contributed by atoms with Crippen molar-refractivity contribution in [3.8, 4) is 10.6 Å². The molecule has 0 amide bonds. The Kier molecular flexibility index (Phi) is 3.68. The van der Waals surface area contributed by atoms with Crippen molar-refractivity contribution in [3.05, 3.63) is 52.2 Å². The van der Waals surface area contributed by atoms with Crippen LogP contribution in [0.4, 0.5) is 4.39 Å². The highest BCUT2D eigenvalue weighted by Gasteiger charge is 2.17. The topological polar surface area (TPSA) is 73.6 Å². The number of esters is 1. The second-order valence-electron chi connectivity index (χ2n) is 4.31. The van der Waals surface area contributed by atoms with Crippen molar-refractivity contribution in [2.45, 2.75) is 6.92 Å². The van der Waals surface area contributed by atoms with Crippen LogP contribution in [0, 0.1) is 5.82 Å². The van der Waals surface area contributed by atoms with E-state index in [1.54, 1.807) is 19.1 Å². The van der Waals surface area contributed by atoms with Crippen LogP contribution in [-0.4, -0.2) is 27.2 Å². The number of halogens is 1. The van der Waals surface area contributed by atoms with Crippen molar-refractivity contribution < 1.29 is 13.9 Å². The van der Waals surface area contributed by atoms with Crippen LogP contribution in [0.25, 0.3) is 15.5 Å². The maximum atomic E-state index is 13.0. The van der Waals surface area contributed by atoms with Gasteiger partial charge in [0, 0.05) is 11.6 Å². The summed E-state index contributed by atoms with van der Waals surface area (Å²) in [5.41, 5.74) is 0.137. The minimum atomic E-state index is -0.645. The third kappa shape index (κ3) is 2.60. The minimum absolute atomic E-state index is 0.0152. The summed E-state index contributed by atoms with van der Waals surface area (Å²) in [7, 11) is 0. The molecule has 1 aromatic carbocycles. The standard InChI is InChI=1S/C14H10FN3O3S/c1-2-21-13(20)10-7-11(19)16-14-18(10)17-12(22-14)8-3-5-9(15)6-4-8/h3-7H,2H2,1H3. The maximum Gasteiger partial charge on any atom is 0.357 e. The number of fused-ring (bicyclic) bond motifs is 1. The Bertz CT molecular complexity index is 902. The zero-order valence-electron chi connectivity index (χ0n) is 11.4. The number of carbonyl (C=O) groups is 1. The number of aromatic nitrogens is 3. The molecule has 2 aromatic heterocycles. The molecule has 0 aliphatic heterocycles. The van der Waals surface area contributed by atoms with E-state index in [9.17, 15) is 14.0 Å². The van der Waals surface area contributed by atoms with Gasteiger partial charge in [-0.25, -0.2) is 9.18 Å². The zero-order valence-corrected chi connectivity index (χ0v) is 12.3. The van der Waals surface area contributed by atoms with Gasteiger partial charge in [0.05, 0.1) is 6.61 Å². The molecule has 0 aliphatic rings. The molecule has 2 heterocycles. The Hall–Kier alpha value is -2.61. The molecule has 0 saturated carbocycles. The van der Waals surface area contributed by atoms with Crippen LogP contribution in [0.5, 0.6) is 0 Å². The molecular weight excluding hydrogens is 309 g/mol. The average Bonchev–Trinajstić information content (AvgIpc) is 2.91. The summed E-state index contributed by atoms with van der Waals surface area (Å²) in [6, 6.07) is 6.83. The van der Waals surface area contributed by atoms with E-state index in [-0.39, 0.29) is 23.1 Å². The first-order valence-electron chi connectivity index (χ1n) is 6.42. The van der Waals surface area contributed by atoms with Crippen molar-refractivity contribution in [3.63, 3.8) is 0 Å². The van der Waals surface area contributed by atoms with Crippen LogP contribution in [0.1, 0.15) is 17.4 Å². The molecule has 0 atom stereocenters. The van der Waals surface area contributed by atoms with Gasteiger partial charge >= 0.3 is 5.97 Å². The van der Waals surface area contributed by atoms with Gasteiger partial charge in [-0.15, -0.1) is 0 Å². The summed E-state index contributed by atoms with van der Waals surface area (Å²) < 4.78 is 19.2. The zero-order chi connectivity index (χ0) is 15.7. The molecule has 3 rings (SSSR count). The van der Waals surface area contributed by atoms with Crippen LogP contribution in [0.2, 0.25) is 0 Å². The van der Waals surface area contributed by atoms with Gasteiger partial charge in [-0.1, -0.05) is 11.3 Å². The number of benzene rings is 1. The van der Waals surface area contributed by atoms with Gasteiger partial charge in [0.25, 0.3) is 5.56 Å². The van der Waals surface area contributed by atoms with Gasteiger partial charge in [-0.3, -0.25) is 4.79 Å². The van der Waals surface area contributed by atoms with E-state index in [0.29, 0.717) is 10.6 Å². The molecule has 0 saturated heterocycles. The van der Waals surface area contributed by atoms with Crippen molar-refractivity contribution in [2.75, 3.05) is 6.61 Å². The number of carbonyl (C=O) groups excluding carboxylic acids is 1. The van der Waals surface area contributed by atoms with Crippen LogP contribution < -0.4 is 5.56 Å². The second kappa shape index (κ2) is 5.64. The van der Waals surface area contributed by atoms with Crippen molar-refractivity contribution >= 4 is 22.3 Å². The molecule has 0 N–H and O–H groups in total. The van der Waals surface area contributed by atoms with Gasteiger partial charge in [-0.05, 0) is 31.2 Å². The quantitative estimate of drug-likeness (QED) is 0.692. The molecule has 0 unspecified atom stereocenters. The minimum Gasteiger partial charge on any atom is -0.461 e. The van der Waals surface area contributed by atoms with Gasteiger partial charge in [0.1, 0.15) is 10.8 Å². The normalized spacial score (nSPS) is 10.8. The first-order valence-corrected chi connectivity index (χ1v) is 7.24. The van der Waals surface area contributed by atoms with Gasteiger partial charge in [0.15, 0.2) is 5.69 Å². The average molecular weight is 319 g/mol. The fourth-order valence-electron chi connectivity index (χ4n) is 1.88. The molecule has 0 aliphatic carbocycles. The van der Waals surface area contributed by atoms with Gasteiger partial charge < -0.3 is 4.74 Å². The second-order valence-corrected chi connectivity index (χ2v) is 5.26. The summed E-state index contributed by atoms with van der Waals surface area (Å²) in [5.74, 6) is -1.00. The number of hydrogen-bond donors (Lipinski definition) is 0. The Morgan fingerprint density at radius 2 is 2.09 bits per heavy atom. The van der Waals surface area contributed by atoms with E-state index >= 15 is 0 Å². The summed E-state index contributed by atoms with van der Waals surface area (Å²) >= 11 is 1.13. The third-order valence-corrected chi connectivity index (χ3v) is 3.79. The summed E-state index contributed by atoms with van der Waals surface area (Å²) in [6.45, 7) is 1.86. The maximum absolute atomic E-state index is 13.0. The smallest absolute Gasteiger partial charge is 0.357 e. The summed E-state index contributed by atoms with van der Waals surface area (Å²) in [5, 5.41) is 4.78. The first kappa shape index (κ1) is 14.3. The molecular formula is C14H10FN3O3S. The number of hydrogen-bond acceptors (Lipinski definition) is 6. The molecule has 22 heavy (non-hydrogen) atoms. The van der Waals surface area contributed by atoms with Crippen molar-refractivity contribution in [1.82, 2.24) is 14.6 Å². The Morgan fingerprint density at radius 3 is 2.77 bits per heavy atom. The van der Waals surface area contributed by atoms with Gasteiger partial charge in [0.2, 0.25) is 4.96 Å². The predicted octanol–water partition coefficient (Wildman–Crippen LogP) is 2.13. The first-order chi connectivity index (χ1) is 10.6. The summed E-state index contributed by atoms with van der Waals surface area (Å²) in [6.07, 6.45) is 0. The Balaban J connectivity index is 2.16. The summed E-state index contributed by atoms with van der Waals surface area (Å²) in [4.78, 5) is 27.6. The van der Waals surface area contributed by atoms with Crippen molar-refractivity contribution in [1.29, 1.82) is 0 Å². The van der Waals surface area contributed by atoms with Crippen LogP contribution in [-0.2, 0) is 4.74 Å². The molecule has 0 bridgehead atoms. The molecule has 112 valence electrons. The van der Waals surface area contributed by atoms with E-state index in [4.69, 9.17) is 4.74 Å². The molecule has 6 nitrogen and oxygen atoms in total. The number of ether oxygens (including phenoxy) is 1.